The molecule has 13 heavy (non-hydrogen) atoms. The number of hydrogen-bond acceptors (Lipinski definition) is 4. The summed E-state index contributed by atoms with van der Waals surface area (Å²) in [5.74, 6) is 5.03. The van der Waals surface area contributed by atoms with E-state index in [-0.39, 0.29) is 5.41 Å². The van der Waals surface area contributed by atoms with Gasteiger partial charge in [0.1, 0.15) is 12.7 Å². The zero-order chi connectivity index (χ0) is 9.73. The van der Waals surface area contributed by atoms with Crippen LogP contribution in [0.1, 0.15) is 20.3 Å². The van der Waals surface area contributed by atoms with Crippen molar-refractivity contribution in [1.82, 2.24) is 14.8 Å². The summed E-state index contributed by atoms with van der Waals surface area (Å²) in [6.07, 6.45) is 4.21. The summed E-state index contributed by atoms with van der Waals surface area (Å²) in [7, 11) is 0. The van der Waals surface area contributed by atoms with Crippen LogP contribution in [0, 0.1) is 5.41 Å². The van der Waals surface area contributed by atoms with Crippen LogP contribution in [0.4, 0.5) is 0 Å². The lowest BCUT2D eigenvalue weighted by molar-refractivity contribution is 0.0552. The Balaban J connectivity index is 2.33. The molecule has 0 unspecified atom stereocenters. The molecule has 0 amide bonds. The summed E-state index contributed by atoms with van der Waals surface area (Å²) in [6.45, 7) is 5.62. The monoisotopic (exact) mass is 184 g/mol. The van der Waals surface area contributed by atoms with Gasteiger partial charge in [0.15, 0.2) is 0 Å². The van der Waals surface area contributed by atoms with Gasteiger partial charge in [0.2, 0.25) is 0 Å². The summed E-state index contributed by atoms with van der Waals surface area (Å²) < 4.78 is 1.80. The maximum Gasteiger partial charge on any atom is 0.137 e. The second-order valence-corrected chi connectivity index (χ2v) is 3.88. The Bertz CT molecular complexity index is 232. The van der Waals surface area contributed by atoms with Crippen molar-refractivity contribution in [2.24, 2.45) is 11.3 Å². The quantitative estimate of drug-likeness (QED) is 0.680. The van der Waals surface area contributed by atoms with Gasteiger partial charge < -0.3 is 4.84 Å². The van der Waals surface area contributed by atoms with E-state index in [0.29, 0.717) is 6.61 Å². The van der Waals surface area contributed by atoms with Gasteiger partial charge in [-0.2, -0.15) is 5.10 Å². The highest BCUT2D eigenvalue weighted by molar-refractivity contribution is 4.68. The van der Waals surface area contributed by atoms with Crippen molar-refractivity contribution < 1.29 is 4.84 Å². The van der Waals surface area contributed by atoms with Gasteiger partial charge in [0, 0.05) is 6.54 Å². The van der Waals surface area contributed by atoms with Crippen molar-refractivity contribution in [2.75, 3.05) is 6.61 Å². The van der Waals surface area contributed by atoms with E-state index in [4.69, 9.17) is 5.90 Å². The second-order valence-electron chi connectivity index (χ2n) is 3.88. The smallest absolute Gasteiger partial charge is 0.137 e. The predicted octanol–water partition coefficient (Wildman–Crippen LogP) is 0.585. The van der Waals surface area contributed by atoms with Gasteiger partial charge in [-0.25, -0.2) is 10.9 Å². The van der Waals surface area contributed by atoms with E-state index in [1.165, 1.54) is 6.33 Å². The van der Waals surface area contributed by atoms with E-state index in [1.807, 2.05) is 0 Å². The van der Waals surface area contributed by atoms with Gasteiger partial charge in [-0.05, 0) is 11.8 Å². The van der Waals surface area contributed by atoms with Crippen molar-refractivity contribution in [3.05, 3.63) is 12.7 Å². The fourth-order valence-corrected chi connectivity index (χ4v) is 1.06. The molecule has 0 atom stereocenters. The van der Waals surface area contributed by atoms with Gasteiger partial charge >= 0.3 is 0 Å². The molecule has 0 bridgehead atoms. The minimum absolute atomic E-state index is 0.0840. The predicted molar refractivity (Wildman–Crippen MR) is 48.6 cm³/mol. The molecule has 1 aromatic heterocycles. The lowest BCUT2D eigenvalue weighted by Crippen LogP contribution is -2.23. The topological polar surface area (TPSA) is 66.0 Å². The molecule has 0 spiro atoms. The summed E-state index contributed by atoms with van der Waals surface area (Å²) in [4.78, 5) is 8.50. The van der Waals surface area contributed by atoms with Crippen molar-refractivity contribution >= 4 is 0 Å². The highest BCUT2D eigenvalue weighted by Crippen LogP contribution is 2.20. The largest absolute Gasteiger partial charge is 0.304 e. The van der Waals surface area contributed by atoms with Crippen molar-refractivity contribution in [2.45, 2.75) is 26.8 Å². The third-order valence-corrected chi connectivity index (χ3v) is 1.96. The van der Waals surface area contributed by atoms with E-state index in [1.54, 1.807) is 11.0 Å². The van der Waals surface area contributed by atoms with Crippen LogP contribution in [0.2, 0.25) is 0 Å². The molecular formula is C8H16N4O. The average Bonchev–Trinajstić information content (AvgIpc) is 2.52. The van der Waals surface area contributed by atoms with Crippen molar-refractivity contribution in [3.8, 4) is 0 Å². The summed E-state index contributed by atoms with van der Waals surface area (Å²) >= 11 is 0. The Morgan fingerprint density at radius 1 is 1.54 bits per heavy atom. The molecule has 1 aromatic rings. The summed E-state index contributed by atoms with van der Waals surface area (Å²) in [5.41, 5.74) is 0.0840. The normalized spacial score (nSPS) is 11.9. The molecule has 5 heteroatoms. The Hall–Kier alpha value is -0.940. The number of nitrogens with zero attached hydrogens (tertiary/aromatic N) is 3. The third-order valence-electron chi connectivity index (χ3n) is 1.96. The van der Waals surface area contributed by atoms with E-state index < -0.39 is 0 Å². The molecule has 2 N–H and O–H groups in total. The number of hydrogen-bond donors (Lipinski definition) is 1. The average molecular weight is 184 g/mol. The Morgan fingerprint density at radius 2 is 2.31 bits per heavy atom. The fourth-order valence-electron chi connectivity index (χ4n) is 1.06. The van der Waals surface area contributed by atoms with Gasteiger partial charge in [0.25, 0.3) is 0 Å². The maximum atomic E-state index is 5.03. The van der Waals surface area contributed by atoms with Gasteiger partial charge in [-0.15, -0.1) is 0 Å². The van der Waals surface area contributed by atoms with E-state index in [0.717, 1.165) is 13.0 Å². The first-order chi connectivity index (χ1) is 6.14. The van der Waals surface area contributed by atoms with Gasteiger partial charge in [0.05, 0.1) is 6.61 Å². The number of rotatable bonds is 5. The second kappa shape index (κ2) is 4.34. The van der Waals surface area contributed by atoms with Gasteiger partial charge in [-0.1, -0.05) is 13.8 Å². The highest BCUT2D eigenvalue weighted by Gasteiger charge is 2.17. The van der Waals surface area contributed by atoms with Crippen molar-refractivity contribution in [3.63, 3.8) is 0 Å². The third kappa shape index (κ3) is 3.52. The zero-order valence-electron chi connectivity index (χ0n) is 8.10. The van der Waals surface area contributed by atoms with Crippen LogP contribution in [0.5, 0.6) is 0 Å². The molecule has 1 rings (SSSR count). The van der Waals surface area contributed by atoms with Crippen LogP contribution in [0.3, 0.4) is 0 Å². The summed E-state index contributed by atoms with van der Waals surface area (Å²) in [6, 6.07) is 0. The van der Waals surface area contributed by atoms with Gasteiger partial charge in [-0.3, -0.25) is 4.68 Å². The van der Waals surface area contributed by atoms with Crippen LogP contribution in [0.15, 0.2) is 12.7 Å². The molecule has 0 aliphatic heterocycles. The number of aryl methyl sites for hydroxylation is 1. The lowest BCUT2D eigenvalue weighted by Gasteiger charge is -2.22. The molecule has 0 saturated heterocycles. The molecule has 74 valence electrons. The van der Waals surface area contributed by atoms with Crippen LogP contribution in [-0.4, -0.2) is 21.4 Å². The minimum Gasteiger partial charge on any atom is -0.304 e. The Labute approximate surface area is 77.9 Å². The molecule has 1 heterocycles. The van der Waals surface area contributed by atoms with Crippen molar-refractivity contribution in [1.29, 1.82) is 0 Å². The number of aromatic nitrogens is 3. The molecular weight excluding hydrogens is 168 g/mol. The molecule has 0 saturated carbocycles. The van der Waals surface area contributed by atoms with Crippen LogP contribution < -0.4 is 5.90 Å². The van der Waals surface area contributed by atoms with Crippen LogP contribution in [-0.2, 0) is 11.4 Å². The van der Waals surface area contributed by atoms with E-state index in [2.05, 4.69) is 28.8 Å². The zero-order valence-corrected chi connectivity index (χ0v) is 8.10. The molecule has 0 aliphatic carbocycles. The minimum atomic E-state index is 0.0840. The van der Waals surface area contributed by atoms with E-state index >= 15 is 0 Å². The first-order valence-electron chi connectivity index (χ1n) is 4.28. The highest BCUT2D eigenvalue weighted by atomic mass is 16.6. The summed E-state index contributed by atoms with van der Waals surface area (Å²) in [5, 5.41) is 4.01. The van der Waals surface area contributed by atoms with Crippen LogP contribution >= 0.6 is 0 Å². The van der Waals surface area contributed by atoms with Crippen LogP contribution in [0.25, 0.3) is 0 Å². The molecule has 0 aromatic carbocycles. The molecule has 5 nitrogen and oxygen atoms in total. The fraction of sp³-hybridized carbons (Fsp3) is 0.750. The molecule has 0 aliphatic rings. The lowest BCUT2D eigenvalue weighted by atomic mass is 9.91. The Kier molecular flexibility index (Phi) is 3.39. The maximum absolute atomic E-state index is 5.03. The first-order valence-corrected chi connectivity index (χ1v) is 4.28. The van der Waals surface area contributed by atoms with E-state index in [9.17, 15) is 0 Å². The SMILES string of the molecule is CC(C)(CCn1cncn1)CON. The standard InChI is InChI=1S/C8H16N4O/c1-8(2,5-13-9)3-4-12-7-10-6-11-12/h6-7H,3-5,9H2,1-2H3. The first kappa shape index (κ1) is 10.1. The Morgan fingerprint density at radius 3 is 2.85 bits per heavy atom. The molecule has 0 fully saturated rings. The number of nitrogens with two attached hydrogens (primary N) is 1. The molecule has 0 radical (unpaired) electrons.